The molecule has 0 spiro atoms. The first kappa shape index (κ1) is 19.9. The number of nitrogens with zero attached hydrogens (tertiary/aromatic N) is 2. The fourth-order valence-electron chi connectivity index (χ4n) is 3.18. The summed E-state index contributed by atoms with van der Waals surface area (Å²) in [5, 5.41) is 3.86. The lowest BCUT2D eigenvalue weighted by Crippen LogP contribution is -2.46. The number of carbonyl (C=O) groups excluding carboxylic acids is 1. The minimum Gasteiger partial charge on any atom is -0.379 e. The molecule has 2 aromatic rings. The van der Waals surface area contributed by atoms with Gasteiger partial charge in [0.05, 0.1) is 18.8 Å². The Bertz CT molecular complexity index is 791. The molecule has 2 heterocycles. The number of pyridine rings is 1. The van der Waals surface area contributed by atoms with Crippen molar-refractivity contribution in [1.29, 1.82) is 0 Å². The minimum absolute atomic E-state index is 0.0646. The maximum absolute atomic E-state index is 12.8. The van der Waals surface area contributed by atoms with Crippen LogP contribution in [0.3, 0.4) is 0 Å². The molecule has 27 heavy (non-hydrogen) atoms. The predicted octanol–water partition coefficient (Wildman–Crippen LogP) is 3.30. The highest BCUT2D eigenvalue weighted by Crippen LogP contribution is 2.31. The summed E-state index contributed by atoms with van der Waals surface area (Å²) < 4.78 is 5.38. The number of benzene rings is 1. The number of carbonyl (C=O) groups is 1. The van der Waals surface area contributed by atoms with Crippen LogP contribution in [0.4, 0.5) is 0 Å². The largest absolute Gasteiger partial charge is 0.379 e. The van der Waals surface area contributed by atoms with Gasteiger partial charge in [-0.15, -0.1) is 0 Å². The van der Waals surface area contributed by atoms with Crippen LogP contribution >= 0.6 is 11.8 Å². The molecule has 0 aliphatic carbocycles. The van der Waals surface area contributed by atoms with Crippen LogP contribution in [0.15, 0.2) is 46.5 Å². The van der Waals surface area contributed by atoms with Gasteiger partial charge in [-0.05, 0) is 44.5 Å². The Kier molecular flexibility index (Phi) is 6.88. The first-order chi connectivity index (χ1) is 13.0. The van der Waals surface area contributed by atoms with Crippen LogP contribution in [0.25, 0.3) is 0 Å². The fraction of sp³-hybridized carbons (Fsp3) is 0.429. The third kappa shape index (κ3) is 5.54. The highest BCUT2D eigenvalue weighted by Gasteiger charge is 2.19. The zero-order chi connectivity index (χ0) is 19.2. The van der Waals surface area contributed by atoms with Gasteiger partial charge >= 0.3 is 0 Å². The van der Waals surface area contributed by atoms with Crippen molar-refractivity contribution in [2.75, 3.05) is 32.8 Å². The molecule has 144 valence electrons. The van der Waals surface area contributed by atoms with Crippen molar-refractivity contribution in [3.05, 3.63) is 53.2 Å². The standard InChI is InChI=1S/C21H27N3O2S/c1-15-6-7-19(16(2)13-15)27-21-18(5-4-8-22-21)20(25)23-17(3)14-24-9-11-26-12-10-24/h4-8,13,17H,9-12,14H2,1-3H3,(H,23,25). The number of nitrogens with one attached hydrogen (secondary N) is 1. The molecule has 0 bridgehead atoms. The van der Waals surface area contributed by atoms with E-state index in [1.165, 1.54) is 11.1 Å². The number of ether oxygens (including phenoxy) is 1. The third-order valence-corrected chi connectivity index (χ3v) is 5.76. The highest BCUT2D eigenvalue weighted by molar-refractivity contribution is 7.99. The SMILES string of the molecule is Cc1ccc(Sc2ncccc2C(=O)NC(C)CN2CCOCC2)c(C)c1. The Hall–Kier alpha value is -1.89. The van der Waals surface area contributed by atoms with Gasteiger partial charge in [-0.2, -0.15) is 0 Å². The van der Waals surface area contributed by atoms with Gasteiger partial charge in [-0.3, -0.25) is 9.69 Å². The van der Waals surface area contributed by atoms with E-state index < -0.39 is 0 Å². The second-order valence-corrected chi connectivity index (χ2v) is 8.05. The Morgan fingerprint density at radius 1 is 1.30 bits per heavy atom. The number of aromatic nitrogens is 1. The lowest BCUT2D eigenvalue weighted by Gasteiger charge is -2.29. The maximum atomic E-state index is 12.8. The van der Waals surface area contributed by atoms with Crippen molar-refractivity contribution in [1.82, 2.24) is 15.2 Å². The number of amides is 1. The van der Waals surface area contributed by atoms with E-state index in [-0.39, 0.29) is 11.9 Å². The van der Waals surface area contributed by atoms with Crippen molar-refractivity contribution in [2.24, 2.45) is 0 Å². The van der Waals surface area contributed by atoms with E-state index in [2.05, 4.69) is 47.2 Å². The zero-order valence-electron chi connectivity index (χ0n) is 16.2. The quantitative estimate of drug-likeness (QED) is 0.827. The Morgan fingerprint density at radius 3 is 2.81 bits per heavy atom. The Morgan fingerprint density at radius 2 is 2.07 bits per heavy atom. The van der Waals surface area contributed by atoms with Crippen molar-refractivity contribution in [3.63, 3.8) is 0 Å². The fourth-order valence-corrected chi connectivity index (χ4v) is 4.13. The molecule has 3 rings (SSSR count). The minimum atomic E-state index is -0.0730. The summed E-state index contributed by atoms with van der Waals surface area (Å²) in [4.78, 5) is 20.7. The molecule has 1 aromatic carbocycles. The molecule has 1 aromatic heterocycles. The molecule has 1 amide bonds. The molecule has 1 saturated heterocycles. The maximum Gasteiger partial charge on any atom is 0.254 e. The topological polar surface area (TPSA) is 54.5 Å². The summed E-state index contributed by atoms with van der Waals surface area (Å²) in [5.74, 6) is -0.0730. The van der Waals surface area contributed by atoms with Crippen molar-refractivity contribution in [2.45, 2.75) is 36.7 Å². The number of hydrogen-bond acceptors (Lipinski definition) is 5. The molecule has 1 N–H and O–H groups in total. The van der Waals surface area contributed by atoms with Gasteiger partial charge < -0.3 is 10.1 Å². The third-order valence-electron chi connectivity index (χ3n) is 4.57. The second-order valence-electron chi connectivity index (χ2n) is 7.01. The molecule has 6 heteroatoms. The highest BCUT2D eigenvalue weighted by atomic mass is 32.2. The number of rotatable bonds is 6. The summed E-state index contributed by atoms with van der Waals surface area (Å²) >= 11 is 1.54. The molecule has 1 aliphatic rings. The van der Waals surface area contributed by atoms with Gasteiger partial charge in [0.1, 0.15) is 5.03 Å². The average Bonchev–Trinajstić information content (AvgIpc) is 2.65. The molecule has 1 unspecified atom stereocenters. The molecule has 1 fully saturated rings. The van der Waals surface area contributed by atoms with Crippen molar-refractivity contribution < 1.29 is 9.53 Å². The normalized spacial score (nSPS) is 16.1. The van der Waals surface area contributed by atoms with Crippen LogP contribution in [0.2, 0.25) is 0 Å². The molecule has 1 atom stereocenters. The summed E-state index contributed by atoms with van der Waals surface area (Å²) in [7, 11) is 0. The van der Waals surface area contributed by atoms with Gasteiger partial charge in [0.15, 0.2) is 0 Å². The van der Waals surface area contributed by atoms with Crippen LogP contribution in [0, 0.1) is 13.8 Å². The first-order valence-corrected chi connectivity index (χ1v) is 10.2. The van der Waals surface area contributed by atoms with Gasteiger partial charge in [0.25, 0.3) is 5.91 Å². The first-order valence-electron chi connectivity index (χ1n) is 9.34. The summed E-state index contributed by atoms with van der Waals surface area (Å²) in [6.07, 6.45) is 1.74. The van der Waals surface area contributed by atoms with Gasteiger partial charge in [-0.25, -0.2) is 4.98 Å². The zero-order valence-corrected chi connectivity index (χ0v) is 17.0. The summed E-state index contributed by atoms with van der Waals surface area (Å²) in [6.45, 7) is 10.4. The molecule has 0 saturated carbocycles. The van der Waals surface area contributed by atoms with Gasteiger partial charge in [-0.1, -0.05) is 29.5 Å². The lowest BCUT2D eigenvalue weighted by molar-refractivity contribution is 0.0342. The van der Waals surface area contributed by atoms with E-state index in [1.807, 2.05) is 19.1 Å². The van der Waals surface area contributed by atoms with E-state index in [1.54, 1.807) is 18.0 Å². The molecule has 1 aliphatic heterocycles. The van der Waals surface area contributed by atoms with E-state index >= 15 is 0 Å². The van der Waals surface area contributed by atoms with Crippen molar-refractivity contribution >= 4 is 17.7 Å². The van der Waals surface area contributed by atoms with Crippen molar-refractivity contribution in [3.8, 4) is 0 Å². The van der Waals surface area contributed by atoms with Crippen LogP contribution < -0.4 is 5.32 Å². The molecular weight excluding hydrogens is 358 g/mol. The number of morpholine rings is 1. The Labute approximate surface area is 165 Å². The monoisotopic (exact) mass is 385 g/mol. The van der Waals surface area contributed by atoms with E-state index in [0.717, 1.165) is 42.8 Å². The lowest BCUT2D eigenvalue weighted by atomic mass is 10.2. The van der Waals surface area contributed by atoms with Gasteiger partial charge in [0, 0.05) is 36.8 Å². The molecule has 5 nitrogen and oxygen atoms in total. The number of aryl methyl sites for hydroxylation is 2. The van der Waals surface area contributed by atoms with Crippen LogP contribution in [-0.2, 0) is 4.74 Å². The number of hydrogen-bond donors (Lipinski definition) is 1. The van der Waals surface area contributed by atoms with Crippen LogP contribution in [0.1, 0.15) is 28.4 Å². The van der Waals surface area contributed by atoms with E-state index in [4.69, 9.17) is 4.74 Å². The second kappa shape index (κ2) is 9.35. The summed E-state index contributed by atoms with van der Waals surface area (Å²) in [6, 6.07) is 10.0. The molecular formula is C21H27N3O2S. The van der Waals surface area contributed by atoms with E-state index in [0.29, 0.717) is 5.56 Å². The van der Waals surface area contributed by atoms with E-state index in [9.17, 15) is 4.79 Å². The summed E-state index contributed by atoms with van der Waals surface area (Å²) in [5.41, 5.74) is 3.04. The average molecular weight is 386 g/mol. The smallest absolute Gasteiger partial charge is 0.254 e. The Balaban J connectivity index is 1.67. The van der Waals surface area contributed by atoms with Crippen LogP contribution in [0.5, 0.6) is 0 Å². The molecule has 0 radical (unpaired) electrons. The van der Waals surface area contributed by atoms with Crippen LogP contribution in [-0.4, -0.2) is 54.7 Å². The predicted molar refractivity (Wildman–Crippen MR) is 108 cm³/mol. The van der Waals surface area contributed by atoms with Gasteiger partial charge in [0.2, 0.25) is 0 Å².